The predicted molar refractivity (Wildman–Crippen MR) is 82.6 cm³/mol. The molecule has 1 unspecified atom stereocenters. The number of rotatable bonds is 5. The maximum atomic E-state index is 4.52. The number of nitrogens with zero attached hydrogens (tertiary/aromatic N) is 2. The molecule has 0 saturated heterocycles. The van der Waals surface area contributed by atoms with Gasteiger partial charge in [0.25, 0.3) is 0 Å². The first-order valence-corrected chi connectivity index (χ1v) is 7.07. The molecule has 0 aliphatic heterocycles. The summed E-state index contributed by atoms with van der Waals surface area (Å²) < 4.78 is 2.08. The first kappa shape index (κ1) is 12.9. The second-order valence-corrected chi connectivity index (χ2v) is 4.91. The number of para-hydroxylation sites is 1. The molecule has 1 atom stereocenters. The van der Waals surface area contributed by atoms with E-state index < -0.39 is 0 Å². The molecule has 1 heterocycles. The fraction of sp³-hybridized carbons (Fsp3) is 0.235. The molecule has 0 radical (unpaired) electrons. The fourth-order valence-corrected chi connectivity index (χ4v) is 2.56. The van der Waals surface area contributed by atoms with Crippen molar-refractivity contribution in [3.8, 4) is 0 Å². The third-order valence-corrected chi connectivity index (χ3v) is 3.56. The van der Waals surface area contributed by atoms with E-state index >= 15 is 0 Å². The number of fused-ring (bicyclic) bond motifs is 1. The van der Waals surface area contributed by atoms with E-state index in [4.69, 9.17) is 0 Å². The lowest BCUT2D eigenvalue weighted by atomic mass is 10.1. The van der Waals surface area contributed by atoms with Gasteiger partial charge in [-0.3, -0.25) is 4.68 Å². The van der Waals surface area contributed by atoms with Crippen molar-refractivity contribution in [2.75, 3.05) is 6.54 Å². The Morgan fingerprint density at radius 2 is 1.80 bits per heavy atom. The van der Waals surface area contributed by atoms with Crippen LogP contribution >= 0.6 is 0 Å². The van der Waals surface area contributed by atoms with Gasteiger partial charge in [0.2, 0.25) is 0 Å². The largest absolute Gasteiger partial charge is 0.309 e. The summed E-state index contributed by atoms with van der Waals surface area (Å²) in [6.45, 7) is 3.92. The minimum Gasteiger partial charge on any atom is -0.309 e. The highest BCUT2D eigenvalue weighted by molar-refractivity contribution is 5.78. The van der Waals surface area contributed by atoms with Crippen LogP contribution in [0, 0.1) is 0 Å². The monoisotopic (exact) mass is 265 g/mol. The standard InChI is InChI=1S/C17H19N3/c1-2-18-16(14-8-4-3-5-9-14)13-20-17-11-7-6-10-15(17)12-19-20/h3-12,16,18H,2,13H2,1H3. The molecule has 0 bridgehead atoms. The smallest absolute Gasteiger partial charge is 0.0683 e. The van der Waals surface area contributed by atoms with Crippen molar-refractivity contribution in [3.63, 3.8) is 0 Å². The zero-order valence-corrected chi connectivity index (χ0v) is 11.7. The van der Waals surface area contributed by atoms with Crippen LogP contribution in [0.4, 0.5) is 0 Å². The molecule has 0 amide bonds. The summed E-state index contributed by atoms with van der Waals surface area (Å²) >= 11 is 0. The van der Waals surface area contributed by atoms with Gasteiger partial charge in [0, 0.05) is 5.39 Å². The lowest BCUT2D eigenvalue weighted by Crippen LogP contribution is -2.25. The molecule has 0 fully saturated rings. The molecule has 0 saturated carbocycles. The van der Waals surface area contributed by atoms with Gasteiger partial charge in [-0.25, -0.2) is 0 Å². The molecule has 3 aromatic rings. The Bertz CT molecular complexity index is 673. The van der Waals surface area contributed by atoms with Crippen molar-refractivity contribution >= 4 is 10.9 Å². The Labute approximate surface area is 119 Å². The van der Waals surface area contributed by atoms with E-state index in [2.05, 4.69) is 70.6 Å². The van der Waals surface area contributed by atoms with E-state index in [1.807, 2.05) is 12.3 Å². The van der Waals surface area contributed by atoms with Gasteiger partial charge in [0.15, 0.2) is 0 Å². The molecule has 3 nitrogen and oxygen atoms in total. The minimum atomic E-state index is 0.282. The average molecular weight is 265 g/mol. The molecule has 20 heavy (non-hydrogen) atoms. The second-order valence-electron chi connectivity index (χ2n) is 4.91. The van der Waals surface area contributed by atoms with Crippen molar-refractivity contribution in [2.24, 2.45) is 0 Å². The topological polar surface area (TPSA) is 29.9 Å². The Kier molecular flexibility index (Phi) is 3.79. The zero-order chi connectivity index (χ0) is 13.8. The lowest BCUT2D eigenvalue weighted by Gasteiger charge is -2.19. The van der Waals surface area contributed by atoms with Gasteiger partial charge in [-0.15, -0.1) is 0 Å². The van der Waals surface area contributed by atoms with Crippen LogP contribution in [-0.4, -0.2) is 16.3 Å². The number of nitrogens with one attached hydrogen (secondary N) is 1. The number of hydrogen-bond donors (Lipinski definition) is 1. The van der Waals surface area contributed by atoms with E-state index in [9.17, 15) is 0 Å². The van der Waals surface area contributed by atoms with E-state index in [-0.39, 0.29) is 6.04 Å². The first-order chi connectivity index (χ1) is 9.88. The van der Waals surface area contributed by atoms with Crippen molar-refractivity contribution < 1.29 is 0 Å². The van der Waals surface area contributed by atoms with Gasteiger partial charge in [-0.1, -0.05) is 55.5 Å². The summed E-state index contributed by atoms with van der Waals surface area (Å²) in [5, 5.41) is 9.25. The molecular weight excluding hydrogens is 246 g/mol. The van der Waals surface area contributed by atoms with Crippen LogP contribution in [0.1, 0.15) is 18.5 Å². The van der Waals surface area contributed by atoms with Crippen molar-refractivity contribution in [3.05, 3.63) is 66.4 Å². The minimum absolute atomic E-state index is 0.282. The summed E-state index contributed by atoms with van der Waals surface area (Å²) in [5.41, 5.74) is 2.49. The molecule has 1 aromatic heterocycles. The molecule has 0 aliphatic carbocycles. The average Bonchev–Trinajstić information content (AvgIpc) is 2.91. The molecule has 2 aromatic carbocycles. The molecule has 3 heteroatoms. The summed E-state index contributed by atoms with van der Waals surface area (Å²) in [7, 11) is 0. The normalized spacial score (nSPS) is 12.7. The van der Waals surface area contributed by atoms with Gasteiger partial charge < -0.3 is 5.32 Å². The van der Waals surface area contributed by atoms with Gasteiger partial charge >= 0.3 is 0 Å². The third-order valence-electron chi connectivity index (χ3n) is 3.56. The quantitative estimate of drug-likeness (QED) is 0.766. The zero-order valence-electron chi connectivity index (χ0n) is 11.7. The molecule has 3 rings (SSSR count). The van der Waals surface area contributed by atoms with Crippen LogP contribution in [-0.2, 0) is 6.54 Å². The number of benzene rings is 2. The summed E-state index contributed by atoms with van der Waals surface area (Å²) in [5.74, 6) is 0. The summed E-state index contributed by atoms with van der Waals surface area (Å²) in [6, 6.07) is 19.2. The molecule has 0 spiro atoms. The fourth-order valence-electron chi connectivity index (χ4n) is 2.56. The van der Waals surface area contributed by atoms with Gasteiger partial charge in [-0.2, -0.15) is 5.10 Å². The van der Waals surface area contributed by atoms with Crippen LogP contribution in [0.5, 0.6) is 0 Å². The maximum absolute atomic E-state index is 4.52. The van der Waals surface area contributed by atoms with Crippen LogP contribution in [0.3, 0.4) is 0 Å². The Hall–Kier alpha value is -2.13. The van der Waals surface area contributed by atoms with Crippen molar-refractivity contribution in [1.29, 1.82) is 0 Å². The van der Waals surface area contributed by atoms with Crippen molar-refractivity contribution in [1.82, 2.24) is 15.1 Å². The predicted octanol–water partition coefficient (Wildman–Crippen LogP) is 3.39. The van der Waals surface area contributed by atoms with Gasteiger partial charge in [-0.05, 0) is 18.2 Å². The van der Waals surface area contributed by atoms with E-state index in [1.54, 1.807) is 0 Å². The highest BCUT2D eigenvalue weighted by Crippen LogP contribution is 2.18. The van der Waals surface area contributed by atoms with Crippen LogP contribution < -0.4 is 5.32 Å². The Morgan fingerprint density at radius 3 is 2.60 bits per heavy atom. The van der Waals surface area contributed by atoms with Crippen LogP contribution in [0.25, 0.3) is 10.9 Å². The maximum Gasteiger partial charge on any atom is 0.0683 e. The highest BCUT2D eigenvalue weighted by atomic mass is 15.3. The number of hydrogen-bond acceptors (Lipinski definition) is 2. The van der Waals surface area contributed by atoms with E-state index in [0.29, 0.717) is 0 Å². The van der Waals surface area contributed by atoms with E-state index in [0.717, 1.165) is 13.1 Å². The van der Waals surface area contributed by atoms with Crippen LogP contribution in [0.15, 0.2) is 60.8 Å². The van der Waals surface area contributed by atoms with E-state index in [1.165, 1.54) is 16.5 Å². The Morgan fingerprint density at radius 1 is 1.05 bits per heavy atom. The summed E-state index contributed by atoms with van der Waals surface area (Å²) in [6.07, 6.45) is 1.93. The highest BCUT2D eigenvalue weighted by Gasteiger charge is 2.12. The third kappa shape index (κ3) is 2.58. The number of likely N-dealkylation sites (N-methyl/N-ethyl adjacent to an activating group) is 1. The van der Waals surface area contributed by atoms with Gasteiger partial charge in [0.05, 0.1) is 24.3 Å². The molecular formula is C17H19N3. The second kappa shape index (κ2) is 5.88. The molecule has 1 N–H and O–H groups in total. The van der Waals surface area contributed by atoms with Crippen molar-refractivity contribution in [2.45, 2.75) is 19.5 Å². The molecule has 0 aliphatic rings. The van der Waals surface area contributed by atoms with Gasteiger partial charge in [0.1, 0.15) is 0 Å². The lowest BCUT2D eigenvalue weighted by molar-refractivity contribution is 0.456. The number of aromatic nitrogens is 2. The SMILES string of the molecule is CCNC(Cn1ncc2ccccc21)c1ccccc1. The Balaban J connectivity index is 1.90. The first-order valence-electron chi connectivity index (χ1n) is 7.07. The molecule has 102 valence electrons. The summed E-state index contributed by atoms with van der Waals surface area (Å²) in [4.78, 5) is 0. The van der Waals surface area contributed by atoms with Crippen LogP contribution in [0.2, 0.25) is 0 Å².